The van der Waals surface area contributed by atoms with Gasteiger partial charge in [-0.15, -0.1) is 0 Å². The zero-order valence-electron chi connectivity index (χ0n) is 26.9. The molecule has 50 heavy (non-hydrogen) atoms. The summed E-state index contributed by atoms with van der Waals surface area (Å²) in [6.07, 6.45) is 7.82. The van der Waals surface area contributed by atoms with Gasteiger partial charge in [-0.2, -0.15) is 0 Å². The lowest BCUT2D eigenvalue weighted by Gasteiger charge is -2.17. The first-order chi connectivity index (χ1) is 24.8. The maximum absolute atomic E-state index is 4.68. The average molecular weight is 631 g/mol. The van der Waals surface area contributed by atoms with Crippen molar-refractivity contribution in [3.63, 3.8) is 0 Å². The lowest BCUT2D eigenvalue weighted by molar-refractivity contribution is 1.33. The number of hydrogen-bond donors (Lipinski definition) is 0. The van der Waals surface area contributed by atoms with Gasteiger partial charge in [0.1, 0.15) is 0 Å². The Morgan fingerprint density at radius 1 is 0.280 bits per heavy atom. The van der Waals surface area contributed by atoms with Crippen LogP contribution in [0, 0.1) is 0 Å². The van der Waals surface area contributed by atoms with Crippen molar-refractivity contribution in [3.05, 3.63) is 158 Å². The molecule has 0 fully saturated rings. The van der Waals surface area contributed by atoms with E-state index in [1.165, 1.54) is 108 Å². The van der Waals surface area contributed by atoms with Gasteiger partial charge in [-0.3, -0.25) is 9.97 Å². The maximum Gasteiger partial charge on any atom is 0.0346 e. The molecule has 0 atom stereocenters. The van der Waals surface area contributed by atoms with Crippen LogP contribution in [0.1, 0.15) is 0 Å². The van der Waals surface area contributed by atoms with Crippen LogP contribution in [-0.2, 0) is 0 Å². The Morgan fingerprint density at radius 3 is 1.32 bits per heavy atom. The van der Waals surface area contributed by atoms with E-state index >= 15 is 0 Å². The molecule has 0 amide bonds. The quantitative estimate of drug-likeness (QED) is 0.178. The first-order valence-corrected chi connectivity index (χ1v) is 17.2. The van der Waals surface area contributed by atoms with E-state index in [1.807, 2.05) is 24.8 Å². The molecule has 12 aromatic rings. The second-order valence-corrected chi connectivity index (χ2v) is 13.7. The summed E-state index contributed by atoms with van der Waals surface area (Å²) in [6, 6.07) is 49.6. The molecule has 0 unspecified atom stereocenters. The van der Waals surface area contributed by atoms with Crippen LogP contribution in [-0.4, -0.2) is 9.97 Å². The standard InChI is InChI=1S/C48H26N2/c1-3-13-31-27(9-1)21-39-38-24-41-40(23-37(38)35-17-5-15-33(31)45(35)39)43(29-11-7-19-49-25-29)47-36-18-6-16-34-32-14-4-2-10-28(32)22-42(46(34)36)48(47)44(41)30-12-8-20-50-26-30/h1-26H. The Hall–Kier alpha value is -6.64. The van der Waals surface area contributed by atoms with Crippen molar-refractivity contribution in [1.29, 1.82) is 0 Å². The second kappa shape index (κ2) is 9.49. The van der Waals surface area contributed by atoms with Crippen molar-refractivity contribution < 1.29 is 0 Å². The Morgan fingerprint density at radius 2 is 0.740 bits per heavy atom. The highest BCUT2D eigenvalue weighted by molar-refractivity contribution is 6.44. The molecule has 10 aromatic carbocycles. The monoisotopic (exact) mass is 630 g/mol. The third-order valence-corrected chi connectivity index (χ3v) is 11.2. The molecule has 0 saturated heterocycles. The van der Waals surface area contributed by atoms with Crippen molar-refractivity contribution >= 4 is 97.0 Å². The number of pyridine rings is 2. The molecule has 12 rings (SSSR count). The van der Waals surface area contributed by atoms with Crippen molar-refractivity contribution in [2.45, 2.75) is 0 Å². The minimum Gasteiger partial charge on any atom is -0.264 e. The van der Waals surface area contributed by atoms with Gasteiger partial charge in [0, 0.05) is 35.9 Å². The summed E-state index contributed by atoms with van der Waals surface area (Å²) < 4.78 is 0. The third kappa shape index (κ3) is 3.28. The highest BCUT2D eigenvalue weighted by atomic mass is 14.6. The summed E-state index contributed by atoms with van der Waals surface area (Å²) in [6.45, 7) is 0. The van der Waals surface area contributed by atoms with Gasteiger partial charge in [-0.25, -0.2) is 0 Å². The van der Waals surface area contributed by atoms with Gasteiger partial charge in [0.05, 0.1) is 0 Å². The third-order valence-electron chi connectivity index (χ3n) is 11.2. The summed E-state index contributed by atoms with van der Waals surface area (Å²) in [7, 11) is 0. The molecule has 0 spiro atoms. The number of hydrogen-bond acceptors (Lipinski definition) is 2. The van der Waals surface area contributed by atoms with Crippen LogP contribution in [0.2, 0.25) is 0 Å². The predicted molar refractivity (Wildman–Crippen MR) is 213 cm³/mol. The molecule has 0 aliphatic rings. The molecule has 2 aromatic heterocycles. The van der Waals surface area contributed by atoms with Gasteiger partial charge in [0.15, 0.2) is 0 Å². The number of nitrogens with zero attached hydrogens (tertiary/aromatic N) is 2. The fraction of sp³-hybridized carbons (Fsp3) is 0. The minimum atomic E-state index is 1.12. The van der Waals surface area contributed by atoms with Gasteiger partial charge < -0.3 is 0 Å². The highest BCUT2D eigenvalue weighted by Gasteiger charge is 2.26. The van der Waals surface area contributed by atoms with E-state index in [0.29, 0.717) is 0 Å². The molecule has 0 N–H and O–H groups in total. The average Bonchev–Trinajstić information content (AvgIpc) is 3.67. The SMILES string of the molecule is c1cncc(-c2c3cc4c(cc3c(-c3cccnc3)c3c5cc6ccccc6c6cccc(c23)c65)c2cc3ccccc3c3cccc4c32)c1. The van der Waals surface area contributed by atoms with Crippen molar-refractivity contribution in [1.82, 2.24) is 9.97 Å². The second-order valence-electron chi connectivity index (χ2n) is 13.7. The number of aromatic nitrogens is 2. The van der Waals surface area contributed by atoms with Crippen LogP contribution in [0.4, 0.5) is 0 Å². The lowest BCUT2D eigenvalue weighted by atomic mass is 9.86. The minimum absolute atomic E-state index is 1.12. The van der Waals surface area contributed by atoms with Gasteiger partial charge in [0.2, 0.25) is 0 Å². The summed E-state index contributed by atoms with van der Waals surface area (Å²) >= 11 is 0. The molecule has 0 bridgehead atoms. The number of fused-ring (bicyclic) bond motifs is 11. The fourth-order valence-corrected chi connectivity index (χ4v) is 9.31. The fourth-order valence-electron chi connectivity index (χ4n) is 9.31. The van der Waals surface area contributed by atoms with Crippen LogP contribution >= 0.6 is 0 Å². The Bertz CT molecular complexity index is 3350. The molecule has 0 aliphatic heterocycles. The lowest BCUT2D eigenvalue weighted by Crippen LogP contribution is -1.90. The maximum atomic E-state index is 4.68. The molecular formula is C48H26N2. The van der Waals surface area contributed by atoms with Gasteiger partial charge in [-0.1, -0.05) is 97.1 Å². The summed E-state index contributed by atoms with van der Waals surface area (Å²) in [5, 5.41) is 23.1. The first kappa shape index (κ1) is 26.3. The van der Waals surface area contributed by atoms with E-state index in [-0.39, 0.29) is 0 Å². The molecule has 2 heterocycles. The molecule has 0 saturated carbocycles. The highest BCUT2D eigenvalue weighted by Crippen LogP contribution is 2.54. The van der Waals surface area contributed by atoms with E-state index in [4.69, 9.17) is 0 Å². The summed E-state index contributed by atoms with van der Waals surface area (Å²) in [5.41, 5.74) is 4.72. The molecule has 2 heteroatoms. The summed E-state index contributed by atoms with van der Waals surface area (Å²) in [4.78, 5) is 9.36. The van der Waals surface area contributed by atoms with E-state index in [9.17, 15) is 0 Å². The van der Waals surface area contributed by atoms with Crippen LogP contribution in [0.5, 0.6) is 0 Å². The van der Waals surface area contributed by atoms with E-state index in [2.05, 4.69) is 143 Å². The molecule has 0 aliphatic carbocycles. The largest absolute Gasteiger partial charge is 0.264 e. The van der Waals surface area contributed by atoms with Crippen LogP contribution in [0.15, 0.2) is 158 Å². The van der Waals surface area contributed by atoms with Crippen LogP contribution in [0.25, 0.3) is 119 Å². The van der Waals surface area contributed by atoms with Crippen molar-refractivity contribution in [2.75, 3.05) is 0 Å². The zero-order chi connectivity index (χ0) is 32.5. The number of benzene rings is 8. The zero-order valence-corrected chi connectivity index (χ0v) is 26.9. The molecule has 0 radical (unpaired) electrons. The van der Waals surface area contributed by atoms with Gasteiger partial charge >= 0.3 is 0 Å². The Balaban J connectivity index is 1.41. The smallest absolute Gasteiger partial charge is 0.0346 e. The van der Waals surface area contributed by atoms with Crippen molar-refractivity contribution in [2.24, 2.45) is 0 Å². The van der Waals surface area contributed by atoms with Gasteiger partial charge in [-0.05, 0) is 144 Å². The summed E-state index contributed by atoms with van der Waals surface area (Å²) in [5.74, 6) is 0. The molecule has 2 nitrogen and oxygen atoms in total. The topological polar surface area (TPSA) is 25.8 Å². The Labute approximate surface area is 286 Å². The first-order valence-electron chi connectivity index (χ1n) is 17.2. The normalized spacial score (nSPS) is 12.4. The number of rotatable bonds is 2. The van der Waals surface area contributed by atoms with E-state index in [0.717, 1.165) is 11.1 Å². The van der Waals surface area contributed by atoms with Gasteiger partial charge in [0.25, 0.3) is 0 Å². The van der Waals surface area contributed by atoms with Crippen LogP contribution in [0.3, 0.4) is 0 Å². The molecular weight excluding hydrogens is 605 g/mol. The Kier molecular flexibility index (Phi) is 5.00. The van der Waals surface area contributed by atoms with E-state index < -0.39 is 0 Å². The van der Waals surface area contributed by atoms with Crippen molar-refractivity contribution in [3.8, 4) is 22.3 Å². The predicted octanol–water partition coefficient (Wildman–Crippen LogP) is 13.1. The molecule has 228 valence electrons. The van der Waals surface area contributed by atoms with E-state index in [1.54, 1.807) is 0 Å². The van der Waals surface area contributed by atoms with Crippen LogP contribution < -0.4 is 0 Å².